The fourth-order valence-electron chi connectivity index (χ4n) is 3.00. The van der Waals surface area contributed by atoms with Gasteiger partial charge in [-0.1, -0.05) is 6.92 Å². The highest BCUT2D eigenvalue weighted by Crippen LogP contribution is 2.26. The topological polar surface area (TPSA) is 32.3 Å². The van der Waals surface area contributed by atoms with Crippen LogP contribution in [0.4, 0.5) is 5.69 Å². The van der Waals surface area contributed by atoms with E-state index in [0.29, 0.717) is 12.6 Å². The molecule has 0 atom stereocenters. The summed E-state index contributed by atoms with van der Waals surface area (Å²) < 4.78 is 1.19. The molecule has 1 aromatic rings. The van der Waals surface area contributed by atoms with Gasteiger partial charge in [0.15, 0.2) is 0 Å². The Labute approximate surface area is 141 Å². The third kappa shape index (κ3) is 4.95. The van der Waals surface area contributed by atoms with Crippen molar-refractivity contribution in [3.05, 3.63) is 27.3 Å². The number of hydrogen-bond acceptors (Lipinski definition) is 2. The summed E-state index contributed by atoms with van der Waals surface area (Å²) in [5, 5.41) is 3.03. The van der Waals surface area contributed by atoms with E-state index in [2.05, 4.69) is 52.8 Å². The lowest BCUT2D eigenvalue weighted by Crippen LogP contribution is -2.39. The van der Waals surface area contributed by atoms with Gasteiger partial charge in [-0.05, 0) is 91.9 Å². The molecule has 1 amide bonds. The number of aryl methyl sites for hydroxylation is 1. The monoisotopic (exact) mass is 400 g/mol. The van der Waals surface area contributed by atoms with Gasteiger partial charge in [-0.15, -0.1) is 0 Å². The first-order valence-electron chi connectivity index (χ1n) is 7.72. The maximum absolute atomic E-state index is 12.2. The largest absolute Gasteiger partial charge is 0.325 e. The molecule has 1 N–H and O–H groups in total. The van der Waals surface area contributed by atoms with Crippen molar-refractivity contribution in [2.75, 3.05) is 18.9 Å². The molecule has 0 unspecified atom stereocenters. The lowest BCUT2D eigenvalue weighted by molar-refractivity contribution is -0.117. The maximum Gasteiger partial charge on any atom is 0.238 e. The van der Waals surface area contributed by atoms with Crippen molar-refractivity contribution in [2.24, 2.45) is 5.92 Å². The smallest absolute Gasteiger partial charge is 0.238 e. The second kappa shape index (κ2) is 7.58. The van der Waals surface area contributed by atoms with Crippen LogP contribution in [0.1, 0.15) is 38.2 Å². The van der Waals surface area contributed by atoms with Crippen LogP contribution in [0.15, 0.2) is 18.2 Å². The van der Waals surface area contributed by atoms with E-state index in [1.54, 1.807) is 0 Å². The van der Waals surface area contributed by atoms with Gasteiger partial charge in [-0.2, -0.15) is 0 Å². The first kappa shape index (κ1) is 16.7. The number of carbonyl (C=O) groups excluding carboxylic acids is 1. The predicted octanol–water partition coefficient (Wildman–Crippen LogP) is 4.05. The molecule has 2 rings (SSSR count). The number of amides is 1. The van der Waals surface area contributed by atoms with E-state index in [-0.39, 0.29) is 5.91 Å². The molecule has 0 saturated heterocycles. The van der Waals surface area contributed by atoms with Crippen LogP contribution < -0.4 is 5.32 Å². The van der Waals surface area contributed by atoms with E-state index in [1.807, 2.05) is 19.1 Å². The van der Waals surface area contributed by atoms with E-state index >= 15 is 0 Å². The number of halogens is 1. The Morgan fingerprint density at radius 3 is 2.62 bits per heavy atom. The summed E-state index contributed by atoms with van der Waals surface area (Å²) in [6.45, 7) is 4.83. The van der Waals surface area contributed by atoms with Gasteiger partial charge in [0.05, 0.1) is 6.54 Å². The summed E-state index contributed by atoms with van der Waals surface area (Å²) in [6, 6.07) is 6.65. The van der Waals surface area contributed by atoms with Gasteiger partial charge in [0.1, 0.15) is 0 Å². The van der Waals surface area contributed by atoms with E-state index < -0.39 is 0 Å². The first-order valence-corrected chi connectivity index (χ1v) is 8.80. The average Bonchev–Trinajstić information content (AvgIpc) is 2.42. The van der Waals surface area contributed by atoms with Crippen LogP contribution in [0.3, 0.4) is 0 Å². The van der Waals surface area contributed by atoms with Gasteiger partial charge in [0, 0.05) is 15.3 Å². The zero-order chi connectivity index (χ0) is 15.4. The molecular formula is C17H25IN2O. The molecule has 1 aliphatic carbocycles. The molecule has 1 aromatic carbocycles. The van der Waals surface area contributed by atoms with Crippen LogP contribution in [0, 0.1) is 16.4 Å². The summed E-state index contributed by atoms with van der Waals surface area (Å²) in [6.07, 6.45) is 5.00. The van der Waals surface area contributed by atoms with Gasteiger partial charge >= 0.3 is 0 Å². The Kier molecular flexibility index (Phi) is 6.05. The molecule has 1 saturated carbocycles. The van der Waals surface area contributed by atoms with Crippen molar-refractivity contribution >= 4 is 34.2 Å². The van der Waals surface area contributed by atoms with Gasteiger partial charge in [-0.3, -0.25) is 9.69 Å². The van der Waals surface area contributed by atoms with E-state index in [9.17, 15) is 4.79 Å². The van der Waals surface area contributed by atoms with Crippen LogP contribution in [-0.2, 0) is 4.79 Å². The molecule has 0 aliphatic heterocycles. The molecule has 21 heavy (non-hydrogen) atoms. The summed E-state index contributed by atoms with van der Waals surface area (Å²) in [5.41, 5.74) is 2.04. The van der Waals surface area contributed by atoms with Gasteiger partial charge < -0.3 is 5.32 Å². The predicted molar refractivity (Wildman–Crippen MR) is 96.6 cm³/mol. The van der Waals surface area contributed by atoms with E-state index in [4.69, 9.17) is 0 Å². The Hall–Kier alpha value is -0.620. The van der Waals surface area contributed by atoms with Crippen molar-refractivity contribution in [1.29, 1.82) is 0 Å². The van der Waals surface area contributed by atoms with Crippen molar-refractivity contribution in [1.82, 2.24) is 4.90 Å². The third-order valence-electron chi connectivity index (χ3n) is 4.46. The number of rotatable bonds is 4. The number of anilines is 1. The van der Waals surface area contributed by atoms with Crippen molar-refractivity contribution in [3.63, 3.8) is 0 Å². The molecule has 0 radical (unpaired) electrons. The minimum absolute atomic E-state index is 0.0837. The zero-order valence-corrected chi connectivity index (χ0v) is 15.3. The molecule has 0 spiro atoms. The Morgan fingerprint density at radius 2 is 2.00 bits per heavy atom. The number of nitrogens with zero attached hydrogens (tertiary/aromatic N) is 1. The van der Waals surface area contributed by atoms with Gasteiger partial charge in [0.2, 0.25) is 5.91 Å². The minimum atomic E-state index is 0.0837. The van der Waals surface area contributed by atoms with Crippen LogP contribution >= 0.6 is 22.6 Å². The van der Waals surface area contributed by atoms with Crippen LogP contribution in [0.5, 0.6) is 0 Å². The lowest BCUT2D eigenvalue weighted by Gasteiger charge is -2.33. The summed E-state index contributed by atoms with van der Waals surface area (Å²) in [5.74, 6) is 0.929. The van der Waals surface area contributed by atoms with Crippen LogP contribution in [-0.4, -0.2) is 30.4 Å². The molecule has 1 fully saturated rings. The van der Waals surface area contributed by atoms with Gasteiger partial charge in [-0.25, -0.2) is 0 Å². The van der Waals surface area contributed by atoms with E-state index in [1.165, 1.54) is 29.3 Å². The van der Waals surface area contributed by atoms with Crippen molar-refractivity contribution in [2.45, 2.75) is 45.6 Å². The number of likely N-dealkylation sites (N-methyl/N-ethyl adjacent to an activating group) is 1. The molecule has 4 heteroatoms. The quantitative estimate of drug-likeness (QED) is 0.774. The normalized spacial score (nSPS) is 22.3. The number of carbonyl (C=O) groups is 1. The summed E-state index contributed by atoms with van der Waals surface area (Å²) in [7, 11) is 2.07. The first-order chi connectivity index (χ1) is 9.95. The van der Waals surface area contributed by atoms with Crippen molar-refractivity contribution < 1.29 is 4.79 Å². The molecule has 0 heterocycles. The zero-order valence-electron chi connectivity index (χ0n) is 13.2. The standard InChI is InChI=1S/C17H25IN2O/c1-12-4-7-15(8-5-12)20(3)11-17(21)19-16-9-6-14(18)10-13(16)2/h6,9-10,12,15H,4-5,7-8,11H2,1-3H3,(H,19,21). The third-order valence-corrected chi connectivity index (χ3v) is 5.14. The second-order valence-corrected chi connectivity index (χ2v) is 7.58. The highest BCUT2D eigenvalue weighted by molar-refractivity contribution is 14.1. The SMILES string of the molecule is Cc1cc(I)ccc1NC(=O)CN(C)C1CCC(C)CC1. The molecule has 1 aliphatic rings. The van der Waals surface area contributed by atoms with Crippen LogP contribution in [0.25, 0.3) is 0 Å². The Morgan fingerprint density at radius 1 is 1.33 bits per heavy atom. The van der Waals surface area contributed by atoms with E-state index in [0.717, 1.165) is 17.2 Å². The summed E-state index contributed by atoms with van der Waals surface area (Å²) in [4.78, 5) is 14.4. The highest BCUT2D eigenvalue weighted by atomic mass is 127. The lowest BCUT2D eigenvalue weighted by atomic mass is 9.87. The molecule has 116 valence electrons. The molecular weight excluding hydrogens is 375 g/mol. The molecule has 0 bridgehead atoms. The molecule has 3 nitrogen and oxygen atoms in total. The van der Waals surface area contributed by atoms with Gasteiger partial charge in [0.25, 0.3) is 0 Å². The summed E-state index contributed by atoms with van der Waals surface area (Å²) >= 11 is 2.29. The van der Waals surface area contributed by atoms with Crippen molar-refractivity contribution in [3.8, 4) is 0 Å². The maximum atomic E-state index is 12.2. The fourth-order valence-corrected chi connectivity index (χ4v) is 3.64. The fraction of sp³-hybridized carbons (Fsp3) is 0.588. The molecule has 0 aromatic heterocycles. The Bertz CT molecular complexity index is 496. The minimum Gasteiger partial charge on any atom is -0.325 e. The van der Waals surface area contributed by atoms with Crippen LogP contribution in [0.2, 0.25) is 0 Å². The average molecular weight is 400 g/mol. The number of hydrogen-bond donors (Lipinski definition) is 1. The number of benzene rings is 1. The Balaban J connectivity index is 1.86. The second-order valence-electron chi connectivity index (χ2n) is 6.34. The number of nitrogens with one attached hydrogen (secondary N) is 1. The highest BCUT2D eigenvalue weighted by Gasteiger charge is 2.22.